The van der Waals surface area contributed by atoms with Gasteiger partial charge in [-0.05, 0) is 24.4 Å². The van der Waals surface area contributed by atoms with Crippen molar-refractivity contribution in [1.82, 2.24) is 20.3 Å². The zero-order valence-corrected chi connectivity index (χ0v) is 18.8. The summed E-state index contributed by atoms with van der Waals surface area (Å²) in [4.78, 5) is 54.8. The average Bonchev–Trinajstić information content (AvgIpc) is 3.42. The third-order valence-electron chi connectivity index (χ3n) is 5.85. The maximum Gasteiger partial charge on any atom is 0.277 e. The van der Waals surface area contributed by atoms with E-state index < -0.39 is 41.9 Å². The molecule has 0 radical (unpaired) electrons. The maximum absolute atomic E-state index is 13.9. The highest BCUT2D eigenvalue weighted by atomic mass is 32.1. The maximum atomic E-state index is 13.9. The summed E-state index contributed by atoms with van der Waals surface area (Å²) in [7, 11) is 0. The van der Waals surface area contributed by atoms with Crippen LogP contribution in [0.1, 0.15) is 60.6 Å². The lowest BCUT2D eigenvalue weighted by Gasteiger charge is -2.34. The Morgan fingerprint density at radius 2 is 2.03 bits per heavy atom. The van der Waals surface area contributed by atoms with Crippen molar-refractivity contribution >= 4 is 35.0 Å². The molecule has 0 bridgehead atoms. The SMILES string of the molecule is [2H]C([2H])([2H])[C@@]1(NC(=O)[C@H](C)Cc2nc(C(N)=O)sc2C(N)=O)C(=O)N2CCCN2Cc2ccccc21. The Kier molecular flexibility index (Phi) is 4.98. The van der Waals surface area contributed by atoms with Gasteiger partial charge >= 0.3 is 0 Å². The number of nitrogens with two attached hydrogens (primary N) is 2. The first kappa shape index (κ1) is 19.2. The number of hydrogen-bond acceptors (Lipinski definition) is 7. The lowest BCUT2D eigenvalue weighted by Crippen LogP contribution is -2.57. The molecular formula is C22H26N6O4S. The van der Waals surface area contributed by atoms with Crippen molar-refractivity contribution in [3.63, 3.8) is 0 Å². The number of hydrogen-bond donors (Lipinski definition) is 3. The van der Waals surface area contributed by atoms with Gasteiger partial charge < -0.3 is 16.8 Å². The van der Waals surface area contributed by atoms with Crippen molar-refractivity contribution in [1.29, 1.82) is 0 Å². The summed E-state index contributed by atoms with van der Waals surface area (Å²) in [6.07, 6.45) is 0.549. The Labute approximate surface area is 199 Å². The minimum Gasteiger partial charge on any atom is -0.365 e. The quantitative estimate of drug-likeness (QED) is 0.556. The molecular weight excluding hydrogens is 444 g/mol. The number of hydrazine groups is 1. The Morgan fingerprint density at radius 1 is 1.27 bits per heavy atom. The summed E-state index contributed by atoms with van der Waals surface area (Å²) in [6.45, 7) is -0.157. The second-order valence-electron chi connectivity index (χ2n) is 8.19. The van der Waals surface area contributed by atoms with Crippen LogP contribution < -0.4 is 16.8 Å². The van der Waals surface area contributed by atoms with E-state index in [4.69, 9.17) is 15.6 Å². The highest BCUT2D eigenvalue weighted by molar-refractivity contribution is 7.15. The molecule has 4 amide bonds. The van der Waals surface area contributed by atoms with Gasteiger partial charge in [0.2, 0.25) is 5.91 Å². The summed E-state index contributed by atoms with van der Waals surface area (Å²) in [5.74, 6) is -4.06. The largest absolute Gasteiger partial charge is 0.365 e. The molecule has 33 heavy (non-hydrogen) atoms. The van der Waals surface area contributed by atoms with Gasteiger partial charge in [0, 0.05) is 36.1 Å². The summed E-state index contributed by atoms with van der Waals surface area (Å²) in [5, 5.41) is 5.65. The second kappa shape index (κ2) is 8.56. The molecule has 0 aliphatic carbocycles. The monoisotopic (exact) mass is 473 g/mol. The third-order valence-corrected chi connectivity index (χ3v) is 6.97. The van der Waals surface area contributed by atoms with E-state index in [-0.39, 0.29) is 27.6 Å². The highest BCUT2D eigenvalue weighted by Gasteiger charge is 2.47. The van der Waals surface area contributed by atoms with Gasteiger partial charge in [0.15, 0.2) is 5.01 Å². The average molecular weight is 474 g/mol. The molecule has 1 saturated heterocycles. The fraction of sp³-hybridized carbons (Fsp3) is 0.409. The van der Waals surface area contributed by atoms with Crippen LogP contribution in [0.25, 0.3) is 0 Å². The molecule has 10 nitrogen and oxygen atoms in total. The van der Waals surface area contributed by atoms with Crippen molar-refractivity contribution in [2.45, 2.75) is 38.7 Å². The number of primary amides is 2. The van der Waals surface area contributed by atoms with Crippen molar-refractivity contribution in [3.8, 4) is 0 Å². The van der Waals surface area contributed by atoms with Crippen LogP contribution in [0.4, 0.5) is 0 Å². The van der Waals surface area contributed by atoms with Crippen LogP contribution in [-0.2, 0) is 28.1 Å². The number of aromatic nitrogens is 1. The number of rotatable bonds is 6. The van der Waals surface area contributed by atoms with Gasteiger partial charge in [0.05, 0.1) is 5.69 Å². The number of thiazole rings is 1. The predicted molar refractivity (Wildman–Crippen MR) is 121 cm³/mol. The Morgan fingerprint density at radius 3 is 2.73 bits per heavy atom. The van der Waals surface area contributed by atoms with Crippen LogP contribution in [0.5, 0.6) is 0 Å². The van der Waals surface area contributed by atoms with E-state index >= 15 is 0 Å². The molecule has 174 valence electrons. The van der Waals surface area contributed by atoms with E-state index in [1.807, 2.05) is 0 Å². The lowest BCUT2D eigenvalue weighted by atomic mass is 9.86. The van der Waals surface area contributed by atoms with Gasteiger partial charge in [-0.1, -0.05) is 31.2 Å². The predicted octanol–water partition coefficient (Wildman–Crippen LogP) is 0.514. The summed E-state index contributed by atoms with van der Waals surface area (Å²) in [6, 6.07) is 6.69. The van der Waals surface area contributed by atoms with Gasteiger partial charge in [0.1, 0.15) is 10.4 Å². The molecule has 0 saturated carbocycles. The molecule has 2 aliphatic rings. The Bertz CT molecular complexity index is 1250. The Balaban J connectivity index is 1.73. The second-order valence-corrected chi connectivity index (χ2v) is 9.19. The molecule has 0 unspecified atom stereocenters. The standard InChI is InChI=1S/C22H26N6O4S/c1-12(10-15-16(17(23)29)33-20(25-15)18(24)30)19(31)26-22(2)14-7-4-3-6-13(14)11-27-8-5-9-28(27)21(22)32/h3-4,6-7,12H,5,8-11H2,1-2H3,(H2,23,29)(H2,24,30)(H,26,31)/t12-,22+/m1/s1/i2D3. The third kappa shape index (κ3) is 4.09. The fourth-order valence-electron chi connectivity index (χ4n) is 4.19. The van der Waals surface area contributed by atoms with E-state index in [2.05, 4.69) is 10.3 Å². The summed E-state index contributed by atoms with van der Waals surface area (Å²) >= 11 is 0.725. The van der Waals surface area contributed by atoms with E-state index in [0.29, 0.717) is 31.6 Å². The van der Waals surface area contributed by atoms with Crippen LogP contribution in [0.3, 0.4) is 0 Å². The van der Waals surface area contributed by atoms with Crippen molar-refractivity contribution in [3.05, 3.63) is 51.0 Å². The normalized spacial score (nSPS) is 22.9. The van der Waals surface area contributed by atoms with Crippen molar-refractivity contribution in [2.24, 2.45) is 17.4 Å². The van der Waals surface area contributed by atoms with E-state index in [9.17, 15) is 19.2 Å². The summed E-state index contributed by atoms with van der Waals surface area (Å²) in [5.41, 5.74) is 9.28. The van der Waals surface area contributed by atoms with E-state index in [1.54, 1.807) is 29.3 Å². The zero-order valence-electron chi connectivity index (χ0n) is 21.0. The molecule has 4 rings (SSSR count). The van der Waals surface area contributed by atoms with E-state index in [0.717, 1.165) is 11.3 Å². The van der Waals surface area contributed by atoms with Crippen molar-refractivity contribution < 1.29 is 23.3 Å². The van der Waals surface area contributed by atoms with Crippen LogP contribution >= 0.6 is 11.3 Å². The van der Waals surface area contributed by atoms with Crippen LogP contribution in [0, 0.1) is 5.92 Å². The minimum atomic E-state index is -2.92. The van der Waals surface area contributed by atoms with Crippen LogP contribution in [0.15, 0.2) is 24.3 Å². The number of fused-ring (bicyclic) bond motifs is 2. The number of amides is 4. The fourth-order valence-corrected chi connectivity index (χ4v) is 4.99. The van der Waals surface area contributed by atoms with Gasteiger partial charge in [-0.2, -0.15) is 0 Å². The minimum absolute atomic E-state index is 0.0161. The van der Waals surface area contributed by atoms with Gasteiger partial charge in [-0.25, -0.2) is 9.99 Å². The summed E-state index contributed by atoms with van der Waals surface area (Å²) < 4.78 is 25.2. The zero-order chi connectivity index (χ0) is 26.4. The van der Waals surface area contributed by atoms with Crippen LogP contribution in [0.2, 0.25) is 0 Å². The molecule has 1 aromatic heterocycles. The number of nitrogens with one attached hydrogen (secondary N) is 1. The lowest BCUT2D eigenvalue weighted by molar-refractivity contribution is -0.153. The van der Waals surface area contributed by atoms with Crippen molar-refractivity contribution in [2.75, 3.05) is 13.1 Å². The van der Waals surface area contributed by atoms with Crippen LogP contribution in [-0.4, -0.2) is 51.7 Å². The number of carbonyl (C=O) groups is 4. The molecule has 2 atom stereocenters. The molecule has 2 aliphatic heterocycles. The molecule has 5 N–H and O–H groups in total. The van der Waals surface area contributed by atoms with E-state index in [1.165, 1.54) is 11.9 Å². The number of carbonyl (C=O) groups excluding carboxylic acids is 4. The molecule has 1 aromatic carbocycles. The Hall–Kier alpha value is -3.31. The van der Waals surface area contributed by atoms with Gasteiger partial charge in [-0.15, -0.1) is 11.3 Å². The van der Waals surface area contributed by atoms with Gasteiger partial charge in [-0.3, -0.25) is 24.2 Å². The highest BCUT2D eigenvalue weighted by Crippen LogP contribution is 2.34. The van der Waals surface area contributed by atoms with Gasteiger partial charge in [0.25, 0.3) is 17.7 Å². The molecule has 3 heterocycles. The first-order chi connectivity index (χ1) is 16.9. The molecule has 11 heteroatoms. The number of nitrogens with zero attached hydrogens (tertiary/aromatic N) is 3. The molecule has 1 fully saturated rings. The first-order valence-electron chi connectivity index (χ1n) is 11.9. The molecule has 0 spiro atoms. The smallest absolute Gasteiger partial charge is 0.277 e. The number of benzene rings is 1. The topological polar surface area (TPSA) is 152 Å². The molecule has 2 aromatic rings. The first-order valence-corrected chi connectivity index (χ1v) is 11.2.